The lowest BCUT2D eigenvalue weighted by Crippen LogP contribution is -2.45. The van der Waals surface area contributed by atoms with Crippen LogP contribution < -0.4 is 20.7 Å². The number of benzene rings is 4. The molecule has 0 aliphatic heterocycles. The third-order valence-electron chi connectivity index (χ3n) is 12.2. The molecular weight excluding hydrogens is 693 g/mol. The summed E-state index contributed by atoms with van der Waals surface area (Å²) in [5.41, 5.74) is 11.8. The summed E-state index contributed by atoms with van der Waals surface area (Å²) in [6.07, 6.45) is 7.62. The van der Waals surface area contributed by atoms with Crippen LogP contribution in [0, 0.1) is 0 Å². The lowest BCUT2D eigenvalue weighted by atomic mass is 9.97. The molecule has 2 aliphatic carbocycles. The van der Waals surface area contributed by atoms with Gasteiger partial charge >= 0.3 is 0 Å². The largest absolute Gasteiger partial charge is 0.109 e. The van der Waals surface area contributed by atoms with Gasteiger partial charge in [0.25, 0.3) is 0 Å². The van der Waals surface area contributed by atoms with E-state index < -0.39 is 40.4 Å². The van der Waals surface area contributed by atoms with Crippen LogP contribution in [-0.4, -0.2) is 40.4 Å². The molecule has 0 N–H and O–H groups in total. The first-order valence-electron chi connectivity index (χ1n) is 19.6. The number of hydrogen-bond donors (Lipinski definition) is 0. The van der Waals surface area contributed by atoms with Gasteiger partial charge in [-0.25, -0.2) is 0 Å². The molecule has 51 heavy (non-hydrogen) atoms. The molecule has 4 aromatic rings. The Hall–Kier alpha value is -2.56. The van der Waals surface area contributed by atoms with Crippen molar-refractivity contribution in [1.29, 1.82) is 0 Å². The second kappa shape index (κ2) is 13.4. The van der Waals surface area contributed by atoms with Crippen LogP contribution >= 0.6 is 0 Å². The second-order valence-electron chi connectivity index (χ2n) is 19.8. The summed E-state index contributed by atoms with van der Waals surface area (Å²) in [5.74, 6) is 0. The van der Waals surface area contributed by atoms with Crippen LogP contribution in [0.5, 0.6) is 0 Å². The second-order valence-corrected chi connectivity index (χ2v) is 45.0. The summed E-state index contributed by atoms with van der Waals surface area (Å²) in [5, 5.41) is 9.90. The molecule has 0 saturated carbocycles. The Balaban J connectivity index is 1.46. The summed E-state index contributed by atoms with van der Waals surface area (Å²) in [4.78, 5) is 0. The molecule has 0 amide bonds. The maximum atomic E-state index is 2.70. The number of allylic oxidation sites excluding steroid dienone is 2. The van der Waals surface area contributed by atoms with Crippen molar-refractivity contribution >= 4 is 73.3 Å². The van der Waals surface area contributed by atoms with Crippen molar-refractivity contribution in [3.63, 3.8) is 0 Å². The molecule has 0 saturated heterocycles. The highest BCUT2D eigenvalue weighted by Crippen LogP contribution is 2.46. The maximum absolute atomic E-state index is 2.70. The molecule has 0 nitrogen and oxygen atoms in total. The summed E-state index contributed by atoms with van der Waals surface area (Å²) in [6.45, 7) is 35.0. The lowest BCUT2D eigenvalue weighted by Gasteiger charge is -2.33. The predicted molar refractivity (Wildman–Crippen MR) is 246 cm³/mol. The molecule has 0 unspecified atom stereocenters. The fourth-order valence-corrected chi connectivity index (χ4v) is 18.1. The van der Waals surface area contributed by atoms with Crippen molar-refractivity contribution in [2.24, 2.45) is 0 Å². The minimum Gasteiger partial charge on any atom is -0.0709 e. The fourth-order valence-electron chi connectivity index (χ4n) is 8.52. The number of hydrogen-bond acceptors (Lipinski definition) is 0. The SMILES string of the molecule is CC[Si](CC)(C1=Cc2c(cccc2-c2cc([Si](C)(C)C)cc([Si](C)(C)C)c2)C1)C1=Cc2c(cccc2-c2cc([Si](C)(C)C)cc([Si](C)(C)C)c2)C1. The fraction of sp³-hybridized carbons (Fsp3) is 0.391. The minimum absolute atomic E-state index is 1.12. The van der Waals surface area contributed by atoms with Gasteiger partial charge in [-0.2, -0.15) is 0 Å². The monoisotopic (exact) mass is 756 g/mol. The molecule has 4 aromatic carbocycles. The third-order valence-corrected chi connectivity index (χ3v) is 25.8. The van der Waals surface area contributed by atoms with E-state index in [9.17, 15) is 0 Å². The molecule has 0 bridgehead atoms. The van der Waals surface area contributed by atoms with E-state index in [0.717, 1.165) is 12.8 Å². The van der Waals surface area contributed by atoms with Crippen LogP contribution in [0.2, 0.25) is 90.7 Å². The van der Waals surface area contributed by atoms with Crippen LogP contribution in [-0.2, 0) is 12.8 Å². The van der Waals surface area contributed by atoms with Crippen molar-refractivity contribution in [2.45, 2.75) is 117 Å². The number of fused-ring (bicyclic) bond motifs is 2. The lowest BCUT2D eigenvalue weighted by molar-refractivity contribution is 1.15. The zero-order valence-electron chi connectivity index (χ0n) is 34.4. The average Bonchev–Trinajstić information content (AvgIpc) is 3.69. The zero-order chi connectivity index (χ0) is 37.3. The van der Waals surface area contributed by atoms with Gasteiger partial charge in [0.2, 0.25) is 0 Å². The van der Waals surface area contributed by atoms with E-state index in [2.05, 4.69) is 177 Å². The standard InChI is InChI=1S/C46H64Si5/c1-15-51(16-2,41-23-33-19-17-21-43(45(33)31-41)35-25-37(47(3,4)5)29-38(26-35)48(6,7)8)42-24-34-20-18-22-44(46(34)32-42)36-27-39(49(9,10)11)30-40(28-36)50(12,13)14/h17-22,25-32H,15-16,23-24H2,1-14H3. The van der Waals surface area contributed by atoms with Crippen molar-refractivity contribution < 1.29 is 0 Å². The van der Waals surface area contributed by atoms with Crippen molar-refractivity contribution in [3.05, 3.63) is 105 Å². The van der Waals surface area contributed by atoms with Gasteiger partial charge in [0.1, 0.15) is 8.07 Å². The van der Waals surface area contributed by atoms with Gasteiger partial charge in [-0.05, 0) is 57.3 Å². The van der Waals surface area contributed by atoms with Crippen molar-refractivity contribution in [2.75, 3.05) is 0 Å². The van der Waals surface area contributed by atoms with E-state index >= 15 is 0 Å². The van der Waals surface area contributed by atoms with E-state index in [-0.39, 0.29) is 0 Å². The molecule has 268 valence electrons. The molecule has 0 heterocycles. The molecule has 0 aromatic heterocycles. The topological polar surface area (TPSA) is 0 Å². The van der Waals surface area contributed by atoms with E-state index in [1.54, 1.807) is 31.1 Å². The van der Waals surface area contributed by atoms with Crippen LogP contribution in [0.4, 0.5) is 0 Å². The highest BCUT2D eigenvalue weighted by atomic mass is 28.3. The summed E-state index contributed by atoms with van der Waals surface area (Å²) < 4.78 is 0. The van der Waals surface area contributed by atoms with E-state index in [1.807, 2.05) is 0 Å². The van der Waals surface area contributed by atoms with Gasteiger partial charge < -0.3 is 0 Å². The highest BCUT2D eigenvalue weighted by Gasteiger charge is 2.41. The van der Waals surface area contributed by atoms with Crippen molar-refractivity contribution in [1.82, 2.24) is 0 Å². The third kappa shape index (κ3) is 7.35. The van der Waals surface area contributed by atoms with Gasteiger partial charge in [0, 0.05) is 0 Å². The van der Waals surface area contributed by atoms with Gasteiger partial charge in [-0.1, -0.05) is 221 Å². The van der Waals surface area contributed by atoms with Crippen molar-refractivity contribution in [3.8, 4) is 22.3 Å². The molecule has 2 aliphatic rings. The van der Waals surface area contributed by atoms with E-state index in [0.29, 0.717) is 0 Å². The van der Waals surface area contributed by atoms with Crippen LogP contribution in [0.1, 0.15) is 36.1 Å². The van der Waals surface area contributed by atoms with Gasteiger partial charge in [0.05, 0.1) is 32.3 Å². The average molecular weight is 757 g/mol. The first-order chi connectivity index (χ1) is 23.7. The zero-order valence-corrected chi connectivity index (χ0v) is 39.4. The molecule has 0 spiro atoms. The Labute approximate surface area is 316 Å². The Bertz CT molecular complexity index is 1840. The molecule has 0 atom stereocenters. The van der Waals surface area contributed by atoms with Gasteiger partial charge in [-0.3, -0.25) is 0 Å². The van der Waals surface area contributed by atoms with E-state index in [4.69, 9.17) is 0 Å². The molecule has 5 heteroatoms. The summed E-state index contributed by atoms with van der Waals surface area (Å²) in [7, 11) is -7.86. The van der Waals surface area contributed by atoms with Gasteiger partial charge in [0.15, 0.2) is 0 Å². The van der Waals surface area contributed by atoms with Crippen LogP contribution in [0.3, 0.4) is 0 Å². The van der Waals surface area contributed by atoms with Gasteiger partial charge in [-0.15, -0.1) is 0 Å². The first kappa shape index (κ1) is 38.2. The normalized spacial score (nSPS) is 15.1. The summed E-state index contributed by atoms with van der Waals surface area (Å²) >= 11 is 0. The van der Waals surface area contributed by atoms with E-state index in [1.165, 1.54) is 56.6 Å². The Morgan fingerprint density at radius 1 is 0.431 bits per heavy atom. The molecule has 0 fully saturated rings. The minimum atomic E-state index is -1.93. The first-order valence-corrected chi connectivity index (χ1v) is 36.1. The summed E-state index contributed by atoms with van der Waals surface area (Å²) in [6, 6.07) is 32.3. The smallest absolute Gasteiger partial charge is 0.0709 e. The Morgan fingerprint density at radius 3 is 1.02 bits per heavy atom. The van der Waals surface area contributed by atoms with Crippen LogP contribution in [0.15, 0.2) is 83.2 Å². The predicted octanol–water partition coefficient (Wildman–Crippen LogP) is 11.3. The quantitative estimate of drug-likeness (QED) is 0.141. The Kier molecular flexibility index (Phi) is 10.0. The Morgan fingerprint density at radius 2 is 0.745 bits per heavy atom. The molecule has 0 radical (unpaired) electrons. The van der Waals surface area contributed by atoms with Crippen LogP contribution in [0.25, 0.3) is 34.4 Å². The number of rotatable bonds is 10. The molecule has 6 rings (SSSR count). The maximum Gasteiger partial charge on any atom is 0.109 e. The molecular formula is C46H64Si5. The highest BCUT2D eigenvalue weighted by molar-refractivity contribution is 6.94.